The first-order valence-electron chi connectivity index (χ1n) is 5.12. The van der Waals surface area contributed by atoms with Crippen molar-refractivity contribution in [3.8, 4) is 0 Å². The van der Waals surface area contributed by atoms with Gasteiger partial charge in [0.05, 0.1) is 10.6 Å². The third kappa shape index (κ3) is 3.28. The fourth-order valence-electron chi connectivity index (χ4n) is 1.36. The average Bonchev–Trinajstić information content (AvgIpc) is 2.77. The van der Waals surface area contributed by atoms with Crippen LogP contribution in [0.4, 0.5) is 20.2 Å². The molecular formula is C10H5ClF2N2O4S2. The molecule has 6 nitrogen and oxygen atoms in total. The van der Waals surface area contributed by atoms with Crippen LogP contribution < -0.4 is 4.72 Å². The van der Waals surface area contributed by atoms with Gasteiger partial charge in [0.25, 0.3) is 15.7 Å². The summed E-state index contributed by atoms with van der Waals surface area (Å²) >= 11 is 6.05. The highest BCUT2D eigenvalue weighted by atomic mass is 35.5. The summed E-state index contributed by atoms with van der Waals surface area (Å²) in [7, 11) is -4.19. The SMILES string of the molecule is O=[N+]([O-])c1cc(S(=O)(=O)Nc2ccc(F)c(F)c2)sc1Cl. The van der Waals surface area contributed by atoms with Gasteiger partial charge in [-0.05, 0) is 12.1 Å². The van der Waals surface area contributed by atoms with Gasteiger partial charge in [-0.1, -0.05) is 11.6 Å². The monoisotopic (exact) mass is 354 g/mol. The number of nitrogens with one attached hydrogen (secondary N) is 1. The zero-order chi connectivity index (χ0) is 15.8. The van der Waals surface area contributed by atoms with E-state index in [1.807, 2.05) is 4.72 Å². The minimum Gasteiger partial charge on any atom is -0.279 e. The highest BCUT2D eigenvalue weighted by Crippen LogP contribution is 2.36. The molecule has 0 aliphatic heterocycles. The zero-order valence-corrected chi connectivity index (χ0v) is 12.2. The van der Waals surface area contributed by atoms with Crippen molar-refractivity contribution >= 4 is 44.3 Å². The van der Waals surface area contributed by atoms with Crippen LogP contribution in [-0.2, 0) is 10.0 Å². The molecule has 0 bridgehead atoms. The number of hydrogen-bond acceptors (Lipinski definition) is 5. The summed E-state index contributed by atoms with van der Waals surface area (Å²) in [5.41, 5.74) is -0.770. The first kappa shape index (κ1) is 15.6. The van der Waals surface area contributed by atoms with Crippen LogP contribution in [0.3, 0.4) is 0 Å². The smallest absolute Gasteiger partial charge is 0.279 e. The Balaban J connectivity index is 2.36. The van der Waals surface area contributed by atoms with Gasteiger partial charge in [-0.25, -0.2) is 17.2 Å². The van der Waals surface area contributed by atoms with Crippen molar-refractivity contribution in [2.45, 2.75) is 4.21 Å². The first-order chi connectivity index (χ1) is 9.70. The van der Waals surface area contributed by atoms with Crippen LogP contribution in [0.2, 0.25) is 4.34 Å². The number of nitrogens with zero attached hydrogens (tertiary/aromatic N) is 1. The van der Waals surface area contributed by atoms with Crippen molar-refractivity contribution in [3.05, 3.63) is 50.4 Å². The molecule has 2 rings (SSSR count). The van der Waals surface area contributed by atoms with Gasteiger partial charge < -0.3 is 0 Å². The van der Waals surface area contributed by atoms with E-state index in [4.69, 9.17) is 11.6 Å². The van der Waals surface area contributed by atoms with Gasteiger partial charge in [0.1, 0.15) is 4.21 Å². The maximum atomic E-state index is 13.0. The lowest BCUT2D eigenvalue weighted by atomic mass is 10.3. The lowest BCUT2D eigenvalue weighted by molar-refractivity contribution is -0.384. The van der Waals surface area contributed by atoms with Crippen molar-refractivity contribution in [2.24, 2.45) is 0 Å². The summed E-state index contributed by atoms with van der Waals surface area (Å²) in [6, 6.07) is 3.20. The summed E-state index contributed by atoms with van der Waals surface area (Å²) in [5, 5.41) is 10.6. The van der Waals surface area contributed by atoms with Crippen molar-refractivity contribution in [2.75, 3.05) is 4.72 Å². The quantitative estimate of drug-likeness (QED) is 0.673. The van der Waals surface area contributed by atoms with Gasteiger partial charge in [0.2, 0.25) is 0 Å². The van der Waals surface area contributed by atoms with E-state index in [2.05, 4.69) is 0 Å². The van der Waals surface area contributed by atoms with Gasteiger partial charge in [-0.3, -0.25) is 14.8 Å². The van der Waals surface area contributed by atoms with Crippen LogP contribution in [0.15, 0.2) is 28.5 Å². The largest absolute Gasteiger partial charge is 0.300 e. The van der Waals surface area contributed by atoms with E-state index in [0.717, 1.165) is 18.2 Å². The molecule has 11 heteroatoms. The molecule has 112 valence electrons. The lowest BCUT2D eigenvalue weighted by Crippen LogP contribution is -2.11. The van der Waals surface area contributed by atoms with E-state index in [1.54, 1.807) is 0 Å². The van der Waals surface area contributed by atoms with E-state index in [1.165, 1.54) is 0 Å². The zero-order valence-electron chi connectivity index (χ0n) is 9.84. The van der Waals surface area contributed by atoms with Crippen LogP contribution in [0.25, 0.3) is 0 Å². The molecule has 0 amide bonds. The molecule has 0 atom stereocenters. The molecule has 1 heterocycles. The number of halogens is 3. The molecule has 0 fully saturated rings. The second kappa shape index (κ2) is 5.54. The maximum absolute atomic E-state index is 13.0. The van der Waals surface area contributed by atoms with Gasteiger partial charge >= 0.3 is 0 Å². The lowest BCUT2D eigenvalue weighted by Gasteiger charge is -2.05. The van der Waals surface area contributed by atoms with Gasteiger partial charge in [0, 0.05) is 12.1 Å². The Morgan fingerprint density at radius 3 is 2.43 bits per heavy atom. The molecule has 0 aliphatic rings. The molecule has 1 N–H and O–H groups in total. The molecule has 0 radical (unpaired) electrons. The average molecular weight is 355 g/mol. The fourth-order valence-corrected chi connectivity index (χ4v) is 4.07. The maximum Gasteiger partial charge on any atom is 0.300 e. The predicted octanol–water partition coefficient (Wildman–Crippen LogP) is 3.39. The fraction of sp³-hybridized carbons (Fsp3) is 0. The summed E-state index contributed by atoms with van der Waals surface area (Å²) in [5.74, 6) is -2.36. The number of rotatable bonds is 4. The van der Waals surface area contributed by atoms with E-state index in [9.17, 15) is 27.3 Å². The van der Waals surface area contributed by atoms with E-state index >= 15 is 0 Å². The highest BCUT2D eigenvalue weighted by Gasteiger charge is 2.25. The van der Waals surface area contributed by atoms with Crippen LogP contribution in [0.5, 0.6) is 0 Å². The number of thiophene rings is 1. The molecule has 0 saturated heterocycles. The number of benzene rings is 1. The van der Waals surface area contributed by atoms with E-state index in [0.29, 0.717) is 17.4 Å². The van der Waals surface area contributed by atoms with Crippen LogP contribution in [0.1, 0.15) is 0 Å². The molecule has 0 unspecified atom stereocenters. The molecule has 21 heavy (non-hydrogen) atoms. The number of anilines is 1. The molecule has 2 aromatic rings. The Morgan fingerprint density at radius 1 is 1.24 bits per heavy atom. The van der Waals surface area contributed by atoms with Crippen molar-refractivity contribution in [1.29, 1.82) is 0 Å². The number of hydrogen-bond donors (Lipinski definition) is 1. The summed E-state index contributed by atoms with van der Waals surface area (Å²) in [4.78, 5) is 9.80. The van der Waals surface area contributed by atoms with Crippen molar-refractivity contribution in [3.63, 3.8) is 0 Å². The Bertz CT molecular complexity index is 822. The van der Waals surface area contributed by atoms with E-state index in [-0.39, 0.29) is 10.0 Å². The van der Waals surface area contributed by atoms with Crippen LogP contribution >= 0.6 is 22.9 Å². The predicted molar refractivity (Wildman–Crippen MR) is 73.1 cm³/mol. The minimum atomic E-state index is -4.19. The van der Waals surface area contributed by atoms with E-state index < -0.39 is 36.5 Å². The van der Waals surface area contributed by atoms with Crippen LogP contribution in [-0.4, -0.2) is 13.3 Å². The molecule has 0 saturated carbocycles. The van der Waals surface area contributed by atoms with Crippen LogP contribution in [0, 0.1) is 21.7 Å². The Kier molecular flexibility index (Phi) is 4.12. The minimum absolute atomic E-state index is 0.221. The second-order valence-corrected chi connectivity index (χ2v) is 7.28. The van der Waals surface area contributed by atoms with Gasteiger partial charge in [-0.15, -0.1) is 11.3 Å². The standard InChI is InChI=1S/C10H5ClF2N2O4S2/c11-10-8(15(16)17)4-9(20-10)21(18,19)14-5-1-2-6(12)7(13)3-5/h1-4,14H. The molecule has 1 aromatic carbocycles. The Labute approximate surface area is 126 Å². The van der Waals surface area contributed by atoms with Crippen molar-refractivity contribution < 1.29 is 22.1 Å². The van der Waals surface area contributed by atoms with Gasteiger partial charge in [0.15, 0.2) is 16.0 Å². The van der Waals surface area contributed by atoms with Gasteiger partial charge in [-0.2, -0.15) is 0 Å². The summed E-state index contributed by atoms with van der Waals surface area (Å²) in [6.07, 6.45) is 0. The Hall–Kier alpha value is -1.78. The molecule has 0 aliphatic carbocycles. The number of nitro groups is 1. The topological polar surface area (TPSA) is 89.3 Å². The molecule has 1 aromatic heterocycles. The molecule has 0 spiro atoms. The first-order valence-corrected chi connectivity index (χ1v) is 7.80. The molecular weight excluding hydrogens is 350 g/mol. The Morgan fingerprint density at radius 2 is 1.90 bits per heavy atom. The van der Waals surface area contributed by atoms with Crippen molar-refractivity contribution in [1.82, 2.24) is 0 Å². The number of sulfonamides is 1. The normalized spacial score (nSPS) is 11.4. The summed E-state index contributed by atoms with van der Waals surface area (Å²) in [6.45, 7) is 0. The second-order valence-electron chi connectivity index (χ2n) is 3.72. The summed E-state index contributed by atoms with van der Waals surface area (Å²) < 4.78 is 51.0. The highest BCUT2D eigenvalue weighted by molar-refractivity contribution is 7.94. The third-order valence-electron chi connectivity index (χ3n) is 2.28. The third-order valence-corrected chi connectivity index (χ3v) is 5.47.